The molecule has 2 aromatic rings. The van der Waals surface area contributed by atoms with Gasteiger partial charge in [0.15, 0.2) is 0 Å². The zero-order valence-electron chi connectivity index (χ0n) is 9.36. The van der Waals surface area contributed by atoms with E-state index in [-0.39, 0.29) is 16.9 Å². The predicted molar refractivity (Wildman–Crippen MR) is 62.7 cm³/mol. The molecule has 0 spiro atoms. The SMILES string of the molecule is O=C(Nc1cc(F)ccc1C(=O)O)c1c[nH]c(=O)[nH]1. The minimum absolute atomic E-state index is 0.0920. The molecule has 0 bridgehead atoms. The van der Waals surface area contributed by atoms with Crippen molar-refractivity contribution in [3.05, 3.63) is 52.0 Å². The minimum Gasteiger partial charge on any atom is -0.478 e. The number of aromatic amines is 2. The van der Waals surface area contributed by atoms with E-state index in [1.807, 2.05) is 0 Å². The smallest absolute Gasteiger partial charge is 0.337 e. The summed E-state index contributed by atoms with van der Waals surface area (Å²) in [6.07, 6.45) is 1.12. The summed E-state index contributed by atoms with van der Waals surface area (Å²) < 4.78 is 13.1. The van der Waals surface area contributed by atoms with Crippen LogP contribution in [0.4, 0.5) is 10.1 Å². The van der Waals surface area contributed by atoms with Crippen LogP contribution < -0.4 is 11.0 Å². The normalized spacial score (nSPS) is 10.2. The number of carboxylic acids is 1. The number of carbonyl (C=O) groups excluding carboxylic acids is 1. The molecule has 0 fully saturated rings. The van der Waals surface area contributed by atoms with Gasteiger partial charge in [-0.2, -0.15) is 0 Å². The first kappa shape index (κ1) is 12.6. The number of H-pyrrole nitrogens is 2. The van der Waals surface area contributed by atoms with E-state index < -0.39 is 23.4 Å². The van der Waals surface area contributed by atoms with Crippen LogP contribution in [0, 0.1) is 5.82 Å². The summed E-state index contributed by atoms with van der Waals surface area (Å²) in [5, 5.41) is 11.1. The number of rotatable bonds is 3. The zero-order valence-corrected chi connectivity index (χ0v) is 9.36. The van der Waals surface area contributed by atoms with Crippen LogP contribution in [0.25, 0.3) is 0 Å². The van der Waals surface area contributed by atoms with Crippen LogP contribution in [-0.4, -0.2) is 27.0 Å². The molecule has 19 heavy (non-hydrogen) atoms. The number of amides is 1. The fourth-order valence-electron chi connectivity index (χ4n) is 1.45. The Bertz CT molecular complexity index is 704. The van der Waals surface area contributed by atoms with Crippen LogP contribution in [0.15, 0.2) is 29.2 Å². The van der Waals surface area contributed by atoms with E-state index >= 15 is 0 Å². The van der Waals surface area contributed by atoms with E-state index in [2.05, 4.69) is 15.3 Å². The maximum Gasteiger partial charge on any atom is 0.337 e. The van der Waals surface area contributed by atoms with Crippen molar-refractivity contribution in [2.75, 3.05) is 5.32 Å². The first-order chi connectivity index (χ1) is 8.97. The maximum absolute atomic E-state index is 13.1. The molecule has 0 atom stereocenters. The van der Waals surface area contributed by atoms with Crippen LogP contribution in [-0.2, 0) is 0 Å². The molecule has 1 aromatic heterocycles. The van der Waals surface area contributed by atoms with Crippen molar-refractivity contribution in [3.63, 3.8) is 0 Å². The molecule has 4 N–H and O–H groups in total. The molecule has 1 heterocycles. The number of nitrogens with one attached hydrogen (secondary N) is 3. The molecule has 0 saturated heterocycles. The quantitative estimate of drug-likeness (QED) is 0.656. The van der Waals surface area contributed by atoms with E-state index in [0.717, 1.165) is 24.4 Å². The van der Waals surface area contributed by atoms with Crippen LogP contribution in [0.1, 0.15) is 20.8 Å². The topological polar surface area (TPSA) is 115 Å². The summed E-state index contributed by atoms with van der Waals surface area (Å²) in [7, 11) is 0. The molecular formula is C11H8FN3O4. The highest BCUT2D eigenvalue weighted by Gasteiger charge is 2.15. The van der Waals surface area contributed by atoms with Gasteiger partial charge in [0.2, 0.25) is 0 Å². The van der Waals surface area contributed by atoms with Gasteiger partial charge in [0.05, 0.1) is 11.3 Å². The lowest BCUT2D eigenvalue weighted by atomic mass is 10.1. The van der Waals surface area contributed by atoms with E-state index in [4.69, 9.17) is 5.11 Å². The highest BCUT2D eigenvalue weighted by Crippen LogP contribution is 2.17. The van der Waals surface area contributed by atoms with Crippen molar-refractivity contribution in [2.45, 2.75) is 0 Å². The van der Waals surface area contributed by atoms with E-state index in [1.165, 1.54) is 0 Å². The van der Waals surface area contributed by atoms with Gasteiger partial charge in [-0.3, -0.25) is 4.79 Å². The van der Waals surface area contributed by atoms with Gasteiger partial charge in [-0.25, -0.2) is 14.0 Å². The number of hydrogen-bond acceptors (Lipinski definition) is 3. The number of imidazole rings is 1. The summed E-state index contributed by atoms with van der Waals surface area (Å²) in [6.45, 7) is 0. The molecule has 98 valence electrons. The largest absolute Gasteiger partial charge is 0.478 e. The Morgan fingerprint density at radius 2 is 2.05 bits per heavy atom. The molecule has 7 nitrogen and oxygen atoms in total. The molecule has 1 amide bonds. The Morgan fingerprint density at radius 3 is 2.63 bits per heavy atom. The highest BCUT2D eigenvalue weighted by atomic mass is 19.1. The Hall–Kier alpha value is -2.90. The number of carboxylic acid groups (broad SMARTS) is 1. The number of hydrogen-bond donors (Lipinski definition) is 4. The highest BCUT2D eigenvalue weighted by molar-refractivity contribution is 6.06. The lowest BCUT2D eigenvalue weighted by molar-refractivity contribution is 0.0698. The molecule has 0 saturated carbocycles. The Morgan fingerprint density at radius 1 is 1.32 bits per heavy atom. The van der Waals surface area contributed by atoms with Crippen molar-refractivity contribution in [2.24, 2.45) is 0 Å². The van der Waals surface area contributed by atoms with Crippen molar-refractivity contribution >= 4 is 17.6 Å². The Kier molecular flexibility index (Phi) is 3.15. The molecule has 0 aliphatic heterocycles. The van der Waals surface area contributed by atoms with Crippen molar-refractivity contribution in [3.8, 4) is 0 Å². The van der Waals surface area contributed by atoms with Gasteiger partial charge in [-0.1, -0.05) is 0 Å². The first-order valence-electron chi connectivity index (χ1n) is 5.09. The third-order valence-electron chi connectivity index (χ3n) is 2.30. The summed E-state index contributed by atoms with van der Waals surface area (Å²) in [5.41, 5.74) is -1.12. The van der Waals surface area contributed by atoms with Crippen LogP contribution >= 0.6 is 0 Å². The first-order valence-corrected chi connectivity index (χ1v) is 5.09. The number of carbonyl (C=O) groups is 2. The van der Waals surface area contributed by atoms with Crippen molar-refractivity contribution < 1.29 is 19.1 Å². The third kappa shape index (κ3) is 2.68. The number of benzene rings is 1. The maximum atomic E-state index is 13.1. The fraction of sp³-hybridized carbons (Fsp3) is 0. The summed E-state index contributed by atoms with van der Waals surface area (Å²) in [5.74, 6) is -2.76. The molecule has 0 radical (unpaired) electrons. The Labute approximate surface area is 105 Å². The van der Waals surface area contributed by atoms with Gasteiger partial charge in [0.1, 0.15) is 11.5 Å². The van der Waals surface area contributed by atoms with Gasteiger partial charge in [0.25, 0.3) is 5.91 Å². The summed E-state index contributed by atoms with van der Waals surface area (Å²) >= 11 is 0. The van der Waals surface area contributed by atoms with Crippen LogP contribution in [0.3, 0.4) is 0 Å². The lowest BCUT2D eigenvalue weighted by Crippen LogP contribution is -2.16. The van der Waals surface area contributed by atoms with Gasteiger partial charge in [-0.15, -0.1) is 0 Å². The fourth-order valence-corrected chi connectivity index (χ4v) is 1.45. The number of aromatic nitrogens is 2. The third-order valence-corrected chi connectivity index (χ3v) is 2.30. The molecular weight excluding hydrogens is 257 g/mol. The summed E-state index contributed by atoms with van der Waals surface area (Å²) in [6, 6.07) is 2.89. The average molecular weight is 265 g/mol. The lowest BCUT2D eigenvalue weighted by Gasteiger charge is -2.07. The van der Waals surface area contributed by atoms with Gasteiger partial charge < -0.3 is 20.4 Å². The molecule has 0 unspecified atom stereocenters. The molecule has 8 heteroatoms. The number of halogens is 1. The molecule has 0 aliphatic rings. The molecule has 0 aliphatic carbocycles. The number of anilines is 1. The second-order valence-corrected chi connectivity index (χ2v) is 3.61. The number of aromatic carboxylic acids is 1. The van der Waals surface area contributed by atoms with Crippen molar-refractivity contribution in [1.82, 2.24) is 9.97 Å². The van der Waals surface area contributed by atoms with Crippen LogP contribution in [0.5, 0.6) is 0 Å². The zero-order chi connectivity index (χ0) is 14.0. The minimum atomic E-state index is -1.31. The van der Waals surface area contributed by atoms with Crippen molar-refractivity contribution in [1.29, 1.82) is 0 Å². The second kappa shape index (κ2) is 4.77. The van der Waals surface area contributed by atoms with E-state index in [1.54, 1.807) is 0 Å². The summed E-state index contributed by atoms with van der Waals surface area (Å²) in [4.78, 5) is 37.9. The van der Waals surface area contributed by atoms with E-state index in [0.29, 0.717) is 0 Å². The average Bonchev–Trinajstić information content (AvgIpc) is 2.75. The molecule has 2 rings (SSSR count). The Balaban J connectivity index is 2.32. The molecule has 1 aromatic carbocycles. The van der Waals surface area contributed by atoms with Crippen LogP contribution in [0.2, 0.25) is 0 Å². The van der Waals surface area contributed by atoms with Gasteiger partial charge in [-0.05, 0) is 18.2 Å². The predicted octanol–water partition coefficient (Wildman–Crippen LogP) is 0.793. The standard InChI is InChI=1S/C11H8FN3O4/c12-5-1-2-6(10(17)18)7(3-5)14-9(16)8-4-13-11(19)15-8/h1-4H,(H,14,16)(H,17,18)(H2,13,15,19). The van der Waals surface area contributed by atoms with E-state index in [9.17, 15) is 18.8 Å². The van der Waals surface area contributed by atoms with Gasteiger partial charge in [0, 0.05) is 6.20 Å². The second-order valence-electron chi connectivity index (χ2n) is 3.61. The van der Waals surface area contributed by atoms with Gasteiger partial charge >= 0.3 is 11.7 Å². The monoisotopic (exact) mass is 265 g/mol.